The largest absolute Gasteiger partial charge is 0.411 e. The Labute approximate surface area is 165 Å². The molecule has 0 unspecified atom stereocenters. The van der Waals surface area contributed by atoms with Crippen LogP contribution >= 0.6 is 0 Å². The summed E-state index contributed by atoms with van der Waals surface area (Å²) in [6.07, 6.45) is -1.15. The second-order valence-electron chi connectivity index (χ2n) is 6.80. The van der Waals surface area contributed by atoms with Crippen LogP contribution in [0.1, 0.15) is 34.3 Å². The van der Waals surface area contributed by atoms with Gasteiger partial charge in [-0.15, -0.1) is 0 Å². The lowest BCUT2D eigenvalue weighted by Crippen LogP contribution is -2.23. The second-order valence-corrected chi connectivity index (χ2v) is 6.80. The summed E-state index contributed by atoms with van der Waals surface area (Å²) in [7, 11) is 0. The number of nitrogens with one attached hydrogen (secondary N) is 2. The van der Waals surface area contributed by atoms with E-state index in [1.165, 1.54) is 12.3 Å². The van der Waals surface area contributed by atoms with Crippen LogP contribution in [0.2, 0.25) is 0 Å². The van der Waals surface area contributed by atoms with Crippen molar-refractivity contribution in [2.75, 3.05) is 11.9 Å². The molecule has 3 rings (SSSR count). The maximum atomic E-state index is 12.3. The molecule has 154 valence electrons. The number of ether oxygens (including phenoxy) is 1. The van der Waals surface area contributed by atoms with Gasteiger partial charge in [-0.25, -0.2) is 4.98 Å². The van der Waals surface area contributed by atoms with Crippen molar-refractivity contribution < 1.29 is 27.5 Å². The molecule has 0 aliphatic heterocycles. The highest BCUT2D eigenvalue weighted by molar-refractivity contribution is 5.97. The normalized spacial score (nSPS) is 13.8. The van der Waals surface area contributed by atoms with Gasteiger partial charge in [-0.3, -0.25) is 9.59 Å². The molecule has 9 heteroatoms. The number of amides is 2. The number of halogens is 3. The van der Waals surface area contributed by atoms with E-state index in [4.69, 9.17) is 0 Å². The molecule has 0 spiro atoms. The maximum absolute atomic E-state index is 12.3. The van der Waals surface area contributed by atoms with Crippen molar-refractivity contribution in [3.8, 4) is 0 Å². The number of hydrogen-bond acceptors (Lipinski definition) is 4. The molecule has 1 aliphatic rings. The molecule has 1 aromatic heterocycles. The summed E-state index contributed by atoms with van der Waals surface area (Å²) in [5.41, 5.74) is 1.76. The fourth-order valence-electron chi connectivity index (χ4n) is 2.54. The first-order chi connectivity index (χ1) is 13.8. The van der Waals surface area contributed by atoms with Gasteiger partial charge in [-0.05, 0) is 36.1 Å². The highest BCUT2D eigenvalue weighted by Crippen LogP contribution is 2.29. The first kappa shape index (κ1) is 20.8. The molecule has 2 N–H and O–H groups in total. The smallest absolute Gasteiger partial charge is 0.367 e. The van der Waals surface area contributed by atoms with Gasteiger partial charge >= 0.3 is 6.18 Å². The highest BCUT2D eigenvalue weighted by Gasteiger charge is 2.30. The first-order valence-corrected chi connectivity index (χ1v) is 9.07. The Morgan fingerprint density at radius 2 is 1.79 bits per heavy atom. The first-order valence-electron chi connectivity index (χ1n) is 9.07. The lowest BCUT2D eigenvalue weighted by molar-refractivity contribution is -0.176. The summed E-state index contributed by atoms with van der Waals surface area (Å²) < 4.78 is 40.8. The minimum absolute atomic E-state index is 0.0381. The molecule has 1 saturated carbocycles. The molecule has 0 radical (unpaired) electrons. The van der Waals surface area contributed by atoms with E-state index >= 15 is 0 Å². The molecule has 2 aromatic rings. The summed E-state index contributed by atoms with van der Waals surface area (Å²) >= 11 is 0. The quantitative estimate of drug-likeness (QED) is 0.703. The lowest BCUT2D eigenvalue weighted by Gasteiger charge is -2.09. The van der Waals surface area contributed by atoms with Gasteiger partial charge in [0, 0.05) is 24.2 Å². The predicted octanol–water partition coefficient (Wildman–Crippen LogP) is 3.44. The van der Waals surface area contributed by atoms with Crippen LogP contribution in [0.5, 0.6) is 0 Å². The average molecular weight is 407 g/mol. The van der Waals surface area contributed by atoms with Gasteiger partial charge in [0.05, 0.1) is 6.61 Å². The van der Waals surface area contributed by atoms with Crippen LogP contribution in [0.25, 0.3) is 0 Å². The predicted molar refractivity (Wildman–Crippen MR) is 98.9 cm³/mol. The van der Waals surface area contributed by atoms with Crippen molar-refractivity contribution in [2.24, 2.45) is 5.92 Å². The van der Waals surface area contributed by atoms with Crippen molar-refractivity contribution in [3.05, 3.63) is 59.3 Å². The number of anilines is 1. The van der Waals surface area contributed by atoms with E-state index in [1.54, 1.807) is 30.3 Å². The zero-order valence-electron chi connectivity index (χ0n) is 15.5. The third-order valence-corrected chi connectivity index (χ3v) is 4.23. The van der Waals surface area contributed by atoms with Crippen molar-refractivity contribution in [1.29, 1.82) is 0 Å². The van der Waals surface area contributed by atoms with Crippen LogP contribution < -0.4 is 10.6 Å². The number of benzene rings is 1. The van der Waals surface area contributed by atoms with Gasteiger partial charge in [-0.2, -0.15) is 13.2 Å². The number of aromatic nitrogens is 1. The highest BCUT2D eigenvalue weighted by atomic mass is 19.4. The van der Waals surface area contributed by atoms with Crippen LogP contribution in [0.15, 0.2) is 42.6 Å². The lowest BCUT2D eigenvalue weighted by atomic mass is 10.1. The van der Waals surface area contributed by atoms with E-state index in [9.17, 15) is 22.8 Å². The molecule has 2 amide bonds. The fraction of sp³-hybridized carbons (Fsp3) is 0.350. The monoisotopic (exact) mass is 407 g/mol. The Morgan fingerprint density at radius 1 is 1.10 bits per heavy atom. The Balaban J connectivity index is 1.48. The minimum Gasteiger partial charge on any atom is -0.367 e. The van der Waals surface area contributed by atoms with Crippen molar-refractivity contribution >= 4 is 17.6 Å². The molecule has 1 fully saturated rings. The van der Waals surface area contributed by atoms with Gasteiger partial charge in [0.1, 0.15) is 12.4 Å². The number of alkyl halides is 3. The van der Waals surface area contributed by atoms with E-state index in [0.29, 0.717) is 16.9 Å². The number of hydrogen-bond donors (Lipinski definition) is 2. The molecular weight excluding hydrogens is 387 g/mol. The topological polar surface area (TPSA) is 80.3 Å². The van der Waals surface area contributed by atoms with Crippen LogP contribution in [-0.4, -0.2) is 29.6 Å². The van der Waals surface area contributed by atoms with Crippen LogP contribution in [-0.2, 0) is 22.7 Å². The third-order valence-electron chi connectivity index (χ3n) is 4.23. The maximum Gasteiger partial charge on any atom is 0.411 e. The van der Waals surface area contributed by atoms with Gasteiger partial charge < -0.3 is 15.4 Å². The molecular formula is C20H20F3N3O3. The Bertz CT molecular complexity index is 865. The standard InChI is InChI=1S/C20H20F3N3O3/c21-20(22,23)12-29-11-14-3-1-13(2-4-14)10-25-18(27)16-7-8-24-17(9-16)26-19(28)15-5-6-15/h1-4,7-9,15H,5-6,10-12H2,(H,25,27)(H,24,26,28). The van der Waals surface area contributed by atoms with Gasteiger partial charge in [-0.1, -0.05) is 24.3 Å². The van der Waals surface area contributed by atoms with Gasteiger partial charge in [0.15, 0.2) is 0 Å². The fourth-order valence-corrected chi connectivity index (χ4v) is 2.54. The molecule has 6 nitrogen and oxygen atoms in total. The average Bonchev–Trinajstić information content (AvgIpc) is 3.52. The zero-order chi connectivity index (χ0) is 20.9. The van der Waals surface area contributed by atoms with E-state index in [-0.39, 0.29) is 30.9 Å². The molecule has 1 aromatic carbocycles. The second kappa shape index (κ2) is 9.04. The van der Waals surface area contributed by atoms with Gasteiger partial charge in [0.25, 0.3) is 5.91 Å². The SMILES string of the molecule is O=C(NCc1ccc(COCC(F)(F)F)cc1)c1ccnc(NC(=O)C2CC2)c1. The minimum atomic E-state index is -4.35. The summed E-state index contributed by atoms with van der Waals surface area (Å²) in [5.74, 6) is -0.0462. The Morgan fingerprint density at radius 3 is 2.45 bits per heavy atom. The molecule has 29 heavy (non-hydrogen) atoms. The summed E-state index contributed by atoms with van der Waals surface area (Å²) in [6, 6.07) is 9.77. The van der Waals surface area contributed by atoms with Crippen LogP contribution in [0, 0.1) is 5.92 Å². The molecule has 0 saturated heterocycles. The summed E-state index contributed by atoms with van der Waals surface area (Å²) in [5, 5.41) is 5.45. The van der Waals surface area contributed by atoms with Crippen molar-refractivity contribution in [3.63, 3.8) is 0 Å². The molecule has 1 heterocycles. The van der Waals surface area contributed by atoms with Crippen LogP contribution in [0.4, 0.5) is 19.0 Å². The number of nitrogens with zero attached hydrogens (tertiary/aromatic N) is 1. The molecule has 0 bridgehead atoms. The Hall–Kier alpha value is -2.94. The number of pyridine rings is 1. The number of rotatable bonds is 8. The van der Waals surface area contributed by atoms with Gasteiger partial charge in [0.2, 0.25) is 5.91 Å². The Kier molecular flexibility index (Phi) is 6.48. The molecule has 0 atom stereocenters. The van der Waals surface area contributed by atoms with Crippen molar-refractivity contribution in [1.82, 2.24) is 10.3 Å². The van der Waals surface area contributed by atoms with E-state index in [2.05, 4.69) is 20.4 Å². The van der Waals surface area contributed by atoms with E-state index in [1.807, 2.05) is 0 Å². The number of carbonyl (C=O) groups excluding carboxylic acids is 2. The molecule has 1 aliphatic carbocycles. The van der Waals surface area contributed by atoms with E-state index < -0.39 is 12.8 Å². The summed E-state index contributed by atoms with van der Waals surface area (Å²) in [6.45, 7) is -1.19. The third kappa shape index (κ3) is 6.86. The van der Waals surface area contributed by atoms with E-state index in [0.717, 1.165) is 18.4 Å². The zero-order valence-corrected chi connectivity index (χ0v) is 15.5. The van der Waals surface area contributed by atoms with Crippen LogP contribution in [0.3, 0.4) is 0 Å². The van der Waals surface area contributed by atoms with Crippen molar-refractivity contribution in [2.45, 2.75) is 32.2 Å². The summed E-state index contributed by atoms with van der Waals surface area (Å²) in [4.78, 5) is 28.2. The number of carbonyl (C=O) groups is 2.